The molecule has 0 bridgehead atoms. The van der Waals surface area contributed by atoms with Crippen molar-refractivity contribution in [3.63, 3.8) is 0 Å². The predicted molar refractivity (Wildman–Crippen MR) is 117 cm³/mol. The third-order valence-electron chi connectivity index (χ3n) is 6.81. The number of hydrogen-bond acceptors (Lipinski definition) is 5. The topological polar surface area (TPSA) is 79.2 Å². The number of thiophene rings is 1. The number of rotatable bonds is 4. The lowest BCUT2D eigenvalue weighted by molar-refractivity contribution is -0.145. The smallest absolute Gasteiger partial charge is 0.344 e. The van der Waals surface area contributed by atoms with Gasteiger partial charge in [0.15, 0.2) is 0 Å². The van der Waals surface area contributed by atoms with Crippen LogP contribution in [0.1, 0.15) is 49.6 Å². The van der Waals surface area contributed by atoms with Gasteiger partial charge in [-0.3, -0.25) is 4.79 Å². The molecular formula is C24H26N2O3S. The van der Waals surface area contributed by atoms with Crippen molar-refractivity contribution in [2.75, 3.05) is 5.32 Å². The summed E-state index contributed by atoms with van der Waals surface area (Å²) < 4.78 is 5.40. The zero-order valence-electron chi connectivity index (χ0n) is 17.5. The van der Waals surface area contributed by atoms with Gasteiger partial charge in [0.25, 0.3) is 5.91 Å². The normalized spacial score (nSPS) is 24.9. The largest absolute Gasteiger partial charge is 0.453 e. The molecule has 30 heavy (non-hydrogen) atoms. The molecule has 3 unspecified atom stereocenters. The number of carbonyl (C=O) groups excluding carboxylic acids is 2. The number of esters is 1. The highest BCUT2D eigenvalue weighted by Gasteiger charge is 2.36. The van der Waals surface area contributed by atoms with E-state index >= 15 is 0 Å². The fourth-order valence-electron chi connectivity index (χ4n) is 4.41. The minimum absolute atomic E-state index is 0.00328. The summed E-state index contributed by atoms with van der Waals surface area (Å²) in [6.45, 7) is 6.82. The average Bonchev–Trinajstić information content (AvgIpc) is 3.09. The van der Waals surface area contributed by atoms with E-state index in [-0.39, 0.29) is 23.0 Å². The Morgan fingerprint density at radius 1 is 1.37 bits per heavy atom. The molecule has 156 valence electrons. The molecule has 6 heteroatoms. The number of nitriles is 1. The lowest BCUT2D eigenvalue weighted by Crippen LogP contribution is -2.34. The number of allylic oxidation sites excluding steroid dienone is 2. The molecule has 5 nitrogen and oxygen atoms in total. The van der Waals surface area contributed by atoms with Crippen molar-refractivity contribution in [3.8, 4) is 6.07 Å². The summed E-state index contributed by atoms with van der Waals surface area (Å²) in [5, 5.41) is 13.1. The number of anilines is 1. The van der Waals surface area contributed by atoms with Crippen molar-refractivity contribution < 1.29 is 14.3 Å². The van der Waals surface area contributed by atoms with Crippen LogP contribution in [-0.4, -0.2) is 18.0 Å². The molecule has 0 spiro atoms. The van der Waals surface area contributed by atoms with Gasteiger partial charge in [-0.15, -0.1) is 11.3 Å². The molecule has 0 radical (unpaired) electrons. The van der Waals surface area contributed by atoms with Gasteiger partial charge >= 0.3 is 5.97 Å². The van der Waals surface area contributed by atoms with E-state index in [2.05, 4.69) is 32.2 Å². The molecule has 4 rings (SSSR count). The Kier molecular flexibility index (Phi) is 5.42. The highest BCUT2D eigenvalue weighted by Crippen LogP contribution is 2.45. The number of carbonyl (C=O) groups is 2. The first-order chi connectivity index (χ1) is 14.3. The van der Waals surface area contributed by atoms with E-state index < -0.39 is 11.9 Å². The van der Waals surface area contributed by atoms with Crippen molar-refractivity contribution in [2.45, 2.75) is 52.6 Å². The molecule has 1 aromatic rings. The standard InChI is InChI=1S/C24H26N2O3S/c1-4-24(2,3)15-9-10-16-18(13-25)22(30-20(16)12-15)26-21(27)17-11-14-7-5-6-8-19(14)29-23(17)28/h5-8,11,14-15,19H,4,9-10,12H2,1-3H3,(H,26,27). The van der Waals surface area contributed by atoms with Crippen molar-refractivity contribution >= 4 is 28.2 Å². The highest BCUT2D eigenvalue weighted by atomic mass is 32.1. The second-order valence-electron chi connectivity index (χ2n) is 8.85. The Bertz CT molecular complexity index is 1020. The Morgan fingerprint density at radius 3 is 2.87 bits per heavy atom. The van der Waals surface area contributed by atoms with Crippen LogP contribution in [-0.2, 0) is 27.2 Å². The summed E-state index contributed by atoms with van der Waals surface area (Å²) in [4.78, 5) is 26.4. The second-order valence-corrected chi connectivity index (χ2v) is 9.96. The van der Waals surface area contributed by atoms with E-state index in [4.69, 9.17) is 4.74 Å². The van der Waals surface area contributed by atoms with E-state index in [9.17, 15) is 14.9 Å². The highest BCUT2D eigenvalue weighted by molar-refractivity contribution is 7.16. The Hall–Kier alpha value is -2.65. The van der Waals surface area contributed by atoms with E-state index in [1.807, 2.05) is 24.3 Å². The molecule has 1 aromatic heterocycles. The number of fused-ring (bicyclic) bond motifs is 2. The number of nitrogens with one attached hydrogen (secondary N) is 1. The molecule has 0 saturated heterocycles. The minimum Gasteiger partial charge on any atom is -0.453 e. The molecule has 1 N–H and O–H groups in total. The van der Waals surface area contributed by atoms with Crippen LogP contribution >= 0.6 is 11.3 Å². The summed E-state index contributed by atoms with van der Waals surface area (Å²) >= 11 is 1.47. The fraction of sp³-hybridized carbons (Fsp3) is 0.458. The van der Waals surface area contributed by atoms with E-state index in [1.54, 1.807) is 6.08 Å². The lowest BCUT2D eigenvalue weighted by Gasteiger charge is -2.36. The first-order valence-electron chi connectivity index (χ1n) is 10.5. The molecule has 0 saturated carbocycles. The molecule has 3 atom stereocenters. The van der Waals surface area contributed by atoms with Gasteiger partial charge < -0.3 is 10.1 Å². The minimum atomic E-state index is -0.627. The maximum absolute atomic E-state index is 12.9. The van der Waals surface area contributed by atoms with Crippen LogP contribution in [0.3, 0.4) is 0 Å². The summed E-state index contributed by atoms with van der Waals surface area (Å²) in [6, 6.07) is 2.28. The van der Waals surface area contributed by atoms with E-state index in [1.165, 1.54) is 16.2 Å². The Labute approximate surface area is 181 Å². The van der Waals surface area contributed by atoms with Gasteiger partial charge in [0.1, 0.15) is 22.7 Å². The third-order valence-corrected chi connectivity index (χ3v) is 7.98. The zero-order chi connectivity index (χ0) is 21.5. The van der Waals surface area contributed by atoms with E-state index in [0.717, 1.165) is 31.2 Å². The molecule has 0 fully saturated rings. The van der Waals surface area contributed by atoms with Crippen molar-refractivity contribution in [3.05, 3.63) is 52.0 Å². The van der Waals surface area contributed by atoms with Gasteiger partial charge in [0.05, 0.1) is 5.56 Å². The maximum Gasteiger partial charge on any atom is 0.344 e. The van der Waals surface area contributed by atoms with Crippen LogP contribution in [0.5, 0.6) is 0 Å². The summed E-state index contributed by atoms with van der Waals surface area (Å²) in [7, 11) is 0. The third kappa shape index (κ3) is 3.63. The van der Waals surface area contributed by atoms with Crippen molar-refractivity contribution in [2.24, 2.45) is 17.3 Å². The van der Waals surface area contributed by atoms with Gasteiger partial charge in [-0.25, -0.2) is 4.79 Å². The fourth-order valence-corrected chi connectivity index (χ4v) is 5.68. The van der Waals surface area contributed by atoms with Gasteiger partial charge in [-0.2, -0.15) is 5.26 Å². The molecule has 2 aliphatic carbocycles. The van der Waals surface area contributed by atoms with Crippen molar-refractivity contribution in [1.29, 1.82) is 5.26 Å². The van der Waals surface area contributed by atoms with Gasteiger partial charge in [0, 0.05) is 10.8 Å². The lowest BCUT2D eigenvalue weighted by atomic mass is 9.69. The Morgan fingerprint density at radius 2 is 2.13 bits per heavy atom. The first kappa shape index (κ1) is 20.6. The molecule has 1 amide bonds. The molecule has 0 aromatic carbocycles. The molecular weight excluding hydrogens is 396 g/mol. The predicted octanol–water partition coefficient (Wildman–Crippen LogP) is 4.69. The molecule has 3 aliphatic rings. The summed E-state index contributed by atoms with van der Waals surface area (Å²) in [5.74, 6) is -0.722. The maximum atomic E-state index is 12.9. The monoisotopic (exact) mass is 422 g/mol. The quantitative estimate of drug-likeness (QED) is 0.564. The van der Waals surface area contributed by atoms with Crippen LogP contribution < -0.4 is 5.32 Å². The SMILES string of the molecule is CCC(C)(C)C1CCc2c(sc(NC(=O)C3=CC4C=CC=CC4OC3=O)c2C#N)C1. The first-order valence-corrected chi connectivity index (χ1v) is 11.3. The number of nitrogens with zero attached hydrogens (tertiary/aromatic N) is 1. The van der Waals surface area contributed by atoms with Gasteiger partial charge in [-0.1, -0.05) is 51.5 Å². The number of hydrogen-bond donors (Lipinski definition) is 1. The average molecular weight is 423 g/mol. The number of amides is 1. The molecule has 1 aliphatic heterocycles. The van der Waals surface area contributed by atoms with E-state index in [0.29, 0.717) is 16.5 Å². The molecule has 2 heterocycles. The zero-order valence-corrected chi connectivity index (χ0v) is 18.3. The van der Waals surface area contributed by atoms with Crippen molar-refractivity contribution in [1.82, 2.24) is 0 Å². The van der Waals surface area contributed by atoms with Crippen LogP contribution in [0.4, 0.5) is 5.00 Å². The van der Waals surface area contributed by atoms with Gasteiger partial charge in [-0.05, 0) is 42.2 Å². The summed E-state index contributed by atoms with van der Waals surface area (Å²) in [6.07, 6.45) is 12.7. The van der Waals surface area contributed by atoms with Crippen LogP contribution in [0.15, 0.2) is 36.0 Å². The summed E-state index contributed by atoms with van der Waals surface area (Å²) in [5.41, 5.74) is 1.84. The Balaban J connectivity index is 1.57. The number of ether oxygens (including phenoxy) is 1. The van der Waals surface area contributed by atoms with Crippen LogP contribution in [0.25, 0.3) is 0 Å². The van der Waals surface area contributed by atoms with Gasteiger partial charge in [0.2, 0.25) is 0 Å². The van der Waals surface area contributed by atoms with Crippen LogP contribution in [0, 0.1) is 28.6 Å². The van der Waals surface area contributed by atoms with Crippen LogP contribution in [0.2, 0.25) is 0 Å². The second kappa shape index (κ2) is 7.88.